The van der Waals surface area contributed by atoms with E-state index in [1.165, 1.54) is 0 Å². The van der Waals surface area contributed by atoms with Crippen molar-refractivity contribution in [2.24, 2.45) is 5.92 Å². The number of hydrogen-bond donors (Lipinski definition) is 5. The smallest absolute Gasteiger partial charge is 0.315 e. The normalized spacial score (nSPS) is 21.3. The molecule has 10 nitrogen and oxygen atoms in total. The summed E-state index contributed by atoms with van der Waals surface area (Å²) < 4.78 is 0. The van der Waals surface area contributed by atoms with Gasteiger partial charge in [0.25, 0.3) is 0 Å². The van der Waals surface area contributed by atoms with Crippen molar-refractivity contribution in [3.63, 3.8) is 0 Å². The van der Waals surface area contributed by atoms with Gasteiger partial charge < -0.3 is 31.5 Å². The van der Waals surface area contributed by atoms with Crippen LogP contribution in [0.2, 0.25) is 0 Å². The number of carbonyl (C=O) groups is 4. The summed E-state index contributed by atoms with van der Waals surface area (Å²) in [4.78, 5) is 57.1. The average Bonchev–Trinajstić information content (AvgIpc) is 3.48. The molecule has 260 valence electrons. The molecule has 3 aromatic carbocycles. The van der Waals surface area contributed by atoms with Crippen molar-refractivity contribution in [3.8, 4) is 0 Å². The molecule has 0 saturated carbocycles. The molecule has 0 radical (unpaired) electrons. The minimum absolute atomic E-state index is 0.146. The molecule has 10 heteroatoms. The van der Waals surface area contributed by atoms with Crippen LogP contribution in [0.4, 0.5) is 4.79 Å². The van der Waals surface area contributed by atoms with E-state index in [1.54, 1.807) is 11.9 Å². The van der Waals surface area contributed by atoms with Crippen molar-refractivity contribution in [2.75, 3.05) is 13.6 Å². The summed E-state index contributed by atoms with van der Waals surface area (Å²) >= 11 is 0. The molecule has 0 aliphatic carbocycles. The zero-order valence-corrected chi connectivity index (χ0v) is 28.9. The van der Waals surface area contributed by atoms with Crippen molar-refractivity contribution >= 4 is 23.8 Å². The molecule has 0 bridgehead atoms. The fraction of sp³-hybridized carbons (Fsp3) is 0.436. The summed E-state index contributed by atoms with van der Waals surface area (Å²) in [5, 5.41) is 15.3. The van der Waals surface area contributed by atoms with Gasteiger partial charge in [0.2, 0.25) is 17.7 Å². The van der Waals surface area contributed by atoms with Crippen molar-refractivity contribution in [3.05, 3.63) is 108 Å². The maximum atomic E-state index is 14.6. The molecule has 0 spiro atoms. The first-order valence-corrected chi connectivity index (χ1v) is 17.3. The molecule has 5 amide bonds. The quantitative estimate of drug-likeness (QED) is 0.211. The van der Waals surface area contributed by atoms with Crippen LogP contribution in [-0.4, -0.2) is 72.0 Å². The van der Waals surface area contributed by atoms with Crippen molar-refractivity contribution in [1.82, 2.24) is 31.5 Å². The molecule has 5 N–H and O–H groups in total. The molecule has 2 aliphatic heterocycles. The third-order valence-corrected chi connectivity index (χ3v) is 9.48. The molecule has 2 fully saturated rings. The molecular formula is C39H50N6O4. The standard InChI is InChI=1S/C39H50N6O4/c1-39(2,3)44-38(49)41-25-29-20-21-30-22-23-32(36(47)42-33(27-16-10-6-11-17-27)28-18-12-7-13-19-28)45(30)37(48)34(29)43-35(46)31(40-4)24-26-14-8-5-9-15-26/h5-19,29-34,40H,20-25H2,1-4H3,(H,42,47)(H,43,46)(H2,41,44,49)/t29-,30+,31-,32+,34+/m1/s1. The largest absolute Gasteiger partial charge is 0.343 e. The molecule has 2 heterocycles. The van der Waals surface area contributed by atoms with E-state index in [4.69, 9.17) is 0 Å². The van der Waals surface area contributed by atoms with Crippen LogP contribution >= 0.6 is 0 Å². The molecular weight excluding hydrogens is 616 g/mol. The Bertz CT molecular complexity index is 1520. The van der Waals surface area contributed by atoms with Crippen LogP contribution in [-0.2, 0) is 20.8 Å². The van der Waals surface area contributed by atoms with Crippen LogP contribution in [0, 0.1) is 5.92 Å². The second kappa shape index (κ2) is 16.1. The van der Waals surface area contributed by atoms with Crippen molar-refractivity contribution in [1.29, 1.82) is 0 Å². The van der Waals surface area contributed by atoms with Gasteiger partial charge in [0.15, 0.2) is 0 Å². The van der Waals surface area contributed by atoms with E-state index in [0.29, 0.717) is 32.1 Å². The minimum atomic E-state index is -0.925. The topological polar surface area (TPSA) is 132 Å². The molecule has 0 aromatic heterocycles. The van der Waals surface area contributed by atoms with E-state index in [1.807, 2.05) is 112 Å². The number of carbonyl (C=O) groups excluding carboxylic acids is 4. The Morgan fingerprint density at radius 1 is 0.816 bits per heavy atom. The number of amides is 5. The Kier molecular flexibility index (Phi) is 11.7. The van der Waals surface area contributed by atoms with Crippen LogP contribution in [0.25, 0.3) is 0 Å². The van der Waals surface area contributed by atoms with E-state index in [9.17, 15) is 19.2 Å². The fourth-order valence-electron chi connectivity index (χ4n) is 7.02. The molecule has 3 aromatic rings. The zero-order chi connectivity index (χ0) is 35.0. The number of nitrogens with one attached hydrogen (secondary N) is 5. The number of urea groups is 1. The predicted octanol–water partition coefficient (Wildman–Crippen LogP) is 4.08. The number of benzene rings is 3. The lowest BCUT2D eigenvalue weighted by Crippen LogP contribution is -2.60. The molecule has 5 rings (SSSR count). The van der Waals surface area contributed by atoms with Crippen LogP contribution in [0.3, 0.4) is 0 Å². The summed E-state index contributed by atoms with van der Waals surface area (Å²) in [6.45, 7) is 5.89. The second-order valence-electron chi connectivity index (χ2n) is 14.2. The van der Waals surface area contributed by atoms with Gasteiger partial charge in [-0.25, -0.2) is 4.79 Å². The average molecular weight is 667 g/mol. The molecule has 2 aliphatic rings. The highest BCUT2D eigenvalue weighted by Gasteiger charge is 2.48. The zero-order valence-electron chi connectivity index (χ0n) is 28.9. The monoisotopic (exact) mass is 666 g/mol. The van der Waals surface area contributed by atoms with Gasteiger partial charge in [0, 0.05) is 24.0 Å². The van der Waals surface area contributed by atoms with Crippen molar-refractivity contribution < 1.29 is 19.2 Å². The van der Waals surface area contributed by atoms with Gasteiger partial charge in [-0.15, -0.1) is 0 Å². The van der Waals surface area contributed by atoms with Gasteiger partial charge in [-0.2, -0.15) is 0 Å². The Hall–Kier alpha value is -4.70. The Morgan fingerprint density at radius 2 is 1.39 bits per heavy atom. The number of nitrogens with zero attached hydrogens (tertiary/aromatic N) is 1. The third kappa shape index (κ3) is 9.26. The van der Waals surface area contributed by atoms with E-state index in [0.717, 1.165) is 16.7 Å². The fourth-order valence-corrected chi connectivity index (χ4v) is 7.02. The highest BCUT2D eigenvalue weighted by molar-refractivity contribution is 5.94. The van der Waals surface area contributed by atoms with Crippen LogP contribution in [0.5, 0.6) is 0 Å². The van der Waals surface area contributed by atoms with Gasteiger partial charge >= 0.3 is 6.03 Å². The minimum Gasteiger partial charge on any atom is -0.343 e. The third-order valence-electron chi connectivity index (χ3n) is 9.48. The highest BCUT2D eigenvalue weighted by atomic mass is 16.2. The van der Waals surface area contributed by atoms with E-state index in [2.05, 4.69) is 26.6 Å². The van der Waals surface area contributed by atoms with E-state index < -0.39 is 23.7 Å². The maximum absolute atomic E-state index is 14.6. The lowest BCUT2D eigenvalue weighted by Gasteiger charge is -2.33. The van der Waals surface area contributed by atoms with E-state index >= 15 is 0 Å². The maximum Gasteiger partial charge on any atom is 0.315 e. The highest BCUT2D eigenvalue weighted by Crippen LogP contribution is 2.35. The SMILES string of the molecule is CN[C@H](Cc1ccccc1)C(=O)N[C@@H]1C(=O)N2[C@@H](CC[C@@H]1CNC(=O)NC(C)(C)C)CC[C@H]2C(=O)NC(c1ccccc1)c1ccccc1. The number of fused-ring (bicyclic) bond motifs is 1. The van der Waals surface area contributed by atoms with Gasteiger partial charge in [-0.1, -0.05) is 91.0 Å². The number of hydrogen-bond acceptors (Lipinski definition) is 5. The van der Waals surface area contributed by atoms with Gasteiger partial charge in [0.1, 0.15) is 12.1 Å². The second-order valence-corrected chi connectivity index (χ2v) is 14.2. The van der Waals surface area contributed by atoms with Crippen LogP contribution < -0.4 is 26.6 Å². The summed E-state index contributed by atoms with van der Waals surface area (Å²) in [7, 11) is 1.73. The number of rotatable bonds is 11. The van der Waals surface area contributed by atoms with Gasteiger partial charge in [-0.3, -0.25) is 14.4 Å². The first kappa shape index (κ1) is 35.6. The molecule has 0 unspecified atom stereocenters. The Morgan fingerprint density at radius 3 is 1.96 bits per heavy atom. The van der Waals surface area contributed by atoms with E-state index in [-0.39, 0.29) is 48.3 Å². The lowest BCUT2D eigenvalue weighted by atomic mass is 9.92. The lowest BCUT2D eigenvalue weighted by molar-refractivity contribution is -0.143. The first-order chi connectivity index (χ1) is 23.5. The van der Waals surface area contributed by atoms with Crippen LogP contribution in [0.15, 0.2) is 91.0 Å². The summed E-state index contributed by atoms with van der Waals surface area (Å²) in [6, 6.07) is 26.2. The summed E-state index contributed by atoms with van der Waals surface area (Å²) in [5.74, 6) is -1.19. The Labute approximate surface area is 289 Å². The van der Waals surface area contributed by atoms with Crippen molar-refractivity contribution in [2.45, 2.75) is 88.6 Å². The molecule has 49 heavy (non-hydrogen) atoms. The Balaban J connectivity index is 1.39. The molecule has 2 saturated heterocycles. The summed E-state index contributed by atoms with van der Waals surface area (Å²) in [5.41, 5.74) is 2.44. The van der Waals surface area contributed by atoms with Gasteiger partial charge in [-0.05, 0) is 76.6 Å². The predicted molar refractivity (Wildman–Crippen MR) is 190 cm³/mol. The number of likely N-dealkylation sites (N-methyl/N-ethyl adjacent to an activating group) is 1. The van der Waals surface area contributed by atoms with Crippen LogP contribution in [0.1, 0.15) is 69.2 Å². The summed E-state index contributed by atoms with van der Waals surface area (Å²) in [6.07, 6.45) is 2.92. The first-order valence-electron chi connectivity index (χ1n) is 17.3. The van der Waals surface area contributed by atoms with Gasteiger partial charge in [0.05, 0.1) is 12.1 Å². The molecule has 5 atom stereocenters.